The normalized spacial score (nSPS) is 11.7. The molecular formula is C22H22N4O. The Bertz CT molecular complexity index is 1090. The summed E-state index contributed by atoms with van der Waals surface area (Å²) in [5.74, 6) is 1.49. The highest BCUT2D eigenvalue weighted by molar-refractivity contribution is 5.93. The van der Waals surface area contributed by atoms with Gasteiger partial charge in [0.15, 0.2) is 0 Å². The van der Waals surface area contributed by atoms with E-state index in [0.29, 0.717) is 5.69 Å². The number of nitrogens with two attached hydrogens (primary N) is 1. The molecule has 5 nitrogen and oxygen atoms in total. The van der Waals surface area contributed by atoms with Crippen LogP contribution in [0.25, 0.3) is 22.2 Å². The van der Waals surface area contributed by atoms with Gasteiger partial charge in [-0.2, -0.15) is 0 Å². The molecule has 0 amide bonds. The van der Waals surface area contributed by atoms with Gasteiger partial charge >= 0.3 is 0 Å². The molecule has 136 valence electrons. The highest BCUT2D eigenvalue weighted by Crippen LogP contribution is 2.34. The number of benzene rings is 2. The third-order valence-electron chi connectivity index (χ3n) is 4.45. The van der Waals surface area contributed by atoms with E-state index in [4.69, 9.17) is 10.5 Å². The molecule has 2 heterocycles. The number of nitrogen functional groups attached to an aromatic ring is 1. The Morgan fingerprint density at radius 3 is 2.48 bits per heavy atom. The van der Waals surface area contributed by atoms with Crippen LogP contribution in [0.5, 0.6) is 11.5 Å². The van der Waals surface area contributed by atoms with E-state index in [-0.39, 0.29) is 5.54 Å². The first-order valence-electron chi connectivity index (χ1n) is 8.87. The van der Waals surface area contributed by atoms with Crippen molar-refractivity contribution < 1.29 is 4.74 Å². The van der Waals surface area contributed by atoms with Crippen LogP contribution in [-0.2, 0) is 5.54 Å². The molecule has 0 atom stereocenters. The van der Waals surface area contributed by atoms with Gasteiger partial charge in [-0.05, 0) is 50.6 Å². The average molecular weight is 358 g/mol. The molecular weight excluding hydrogens is 336 g/mol. The molecule has 2 aromatic heterocycles. The Morgan fingerprint density at radius 2 is 1.78 bits per heavy atom. The van der Waals surface area contributed by atoms with Crippen molar-refractivity contribution in [2.24, 2.45) is 0 Å². The quantitative estimate of drug-likeness (QED) is 0.509. The monoisotopic (exact) mass is 358 g/mol. The van der Waals surface area contributed by atoms with E-state index in [1.165, 1.54) is 0 Å². The van der Waals surface area contributed by atoms with Crippen LogP contribution in [0.2, 0.25) is 0 Å². The molecule has 0 radical (unpaired) electrons. The number of aromatic nitrogens is 3. The molecule has 0 fully saturated rings. The van der Waals surface area contributed by atoms with Gasteiger partial charge in [0.1, 0.15) is 23.5 Å². The van der Waals surface area contributed by atoms with E-state index >= 15 is 0 Å². The summed E-state index contributed by atoms with van der Waals surface area (Å²) >= 11 is 0. The summed E-state index contributed by atoms with van der Waals surface area (Å²) in [6, 6.07) is 15.4. The minimum atomic E-state index is -0.0683. The van der Waals surface area contributed by atoms with Gasteiger partial charge in [-0.15, -0.1) is 0 Å². The van der Waals surface area contributed by atoms with Gasteiger partial charge in [0.2, 0.25) is 0 Å². The molecule has 0 unspecified atom stereocenters. The maximum atomic E-state index is 5.89. The number of nitrogens with zero attached hydrogens (tertiary/aromatic N) is 3. The van der Waals surface area contributed by atoms with Gasteiger partial charge < -0.3 is 15.0 Å². The summed E-state index contributed by atoms with van der Waals surface area (Å²) in [5.41, 5.74) is 9.56. The molecule has 0 bridgehead atoms. The van der Waals surface area contributed by atoms with Crippen LogP contribution in [0, 0.1) is 0 Å². The number of hydrogen-bond donors (Lipinski definition) is 1. The summed E-state index contributed by atoms with van der Waals surface area (Å²) in [5, 5.41) is 1.04. The molecule has 27 heavy (non-hydrogen) atoms. The van der Waals surface area contributed by atoms with Crippen LogP contribution in [0.1, 0.15) is 20.8 Å². The van der Waals surface area contributed by atoms with Crippen LogP contribution in [0.15, 0.2) is 67.3 Å². The van der Waals surface area contributed by atoms with Gasteiger partial charge in [-0.25, -0.2) is 9.97 Å². The Labute approximate surface area is 158 Å². The molecule has 2 N–H and O–H groups in total. The Morgan fingerprint density at radius 1 is 1.00 bits per heavy atom. The van der Waals surface area contributed by atoms with E-state index in [0.717, 1.165) is 33.7 Å². The van der Waals surface area contributed by atoms with Gasteiger partial charge in [-0.3, -0.25) is 0 Å². The van der Waals surface area contributed by atoms with Gasteiger partial charge in [0, 0.05) is 40.6 Å². The van der Waals surface area contributed by atoms with Crippen LogP contribution in [0.3, 0.4) is 0 Å². The fourth-order valence-corrected chi connectivity index (χ4v) is 3.12. The summed E-state index contributed by atoms with van der Waals surface area (Å²) in [6.07, 6.45) is 5.61. The van der Waals surface area contributed by atoms with Crippen molar-refractivity contribution in [3.63, 3.8) is 0 Å². The topological polar surface area (TPSA) is 66.0 Å². The van der Waals surface area contributed by atoms with Gasteiger partial charge in [-0.1, -0.05) is 18.2 Å². The minimum absolute atomic E-state index is 0.0683. The van der Waals surface area contributed by atoms with Crippen LogP contribution in [0.4, 0.5) is 5.69 Å². The molecule has 0 spiro atoms. The van der Waals surface area contributed by atoms with Crippen LogP contribution >= 0.6 is 0 Å². The summed E-state index contributed by atoms with van der Waals surface area (Å²) in [6.45, 7) is 6.50. The molecule has 0 aliphatic heterocycles. The van der Waals surface area contributed by atoms with Crippen molar-refractivity contribution in [1.82, 2.24) is 14.5 Å². The maximum absolute atomic E-state index is 5.89. The fourth-order valence-electron chi connectivity index (χ4n) is 3.12. The Hall–Kier alpha value is -3.34. The zero-order valence-electron chi connectivity index (χ0n) is 15.7. The van der Waals surface area contributed by atoms with Gasteiger partial charge in [0.05, 0.1) is 0 Å². The van der Waals surface area contributed by atoms with E-state index in [2.05, 4.69) is 53.6 Å². The second-order valence-corrected chi connectivity index (χ2v) is 7.54. The fraction of sp³-hybridized carbons (Fsp3) is 0.182. The molecule has 5 heteroatoms. The van der Waals surface area contributed by atoms with E-state index in [1.807, 2.05) is 42.6 Å². The lowest BCUT2D eigenvalue weighted by Crippen LogP contribution is -2.20. The molecule has 4 aromatic rings. The van der Waals surface area contributed by atoms with Crippen molar-refractivity contribution in [3.05, 3.63) is 67.3 Å². The zero-order chi connectivity index (χ0) is 19.0. The first-order chi connectivity index (χ1) is 12.9. The van der Waals surface area contributed by atoms with Crippen molar-refractivity contribution in [2.45, 2.75) is 26.3 Å². The lowest BCUT2D eigenvalue weighted by Gasteiger charge is -2.21. The van der Waals surface area contributed by atoms with E-state index in [9.17, 15) is 0 Å². The predicted molar refractivity (Wildman–Crippen MR) is 109 cm³/mol. The summed E-state index contributed by atoms with van der Waals surface area (Å²) in [4.78, 5) is 8.71. The average Bonchev–Trinajstić information content (AvgIpc) is 3.03. The van der Waals surface area contributed by atoms with E-state index < -0.39 is 0 Å². The molecule has 2 aromatic carbocycles. The SMILES string of the molecule is CC(C)(C)n1cc(-c2ccc(Oc3cccc(N)c3)cc2)c2cncnc21. The largest absolute Gasteiger partial charge is 0.457 e. The van der Waals surface area contributed by atoms with Crippen LogP contribution < -0.4 is 10.5 Å². The lowest BCUT2D eigenvalue weighted by atomic mass is 10.1. The number of rotatable bonds is 3. The molecule has 0 aliphatic carbocycles. The first-order valence-corrected chi connectivity index (χ1v) is 8.87. The number of anilines is 1. The molecule has 0 aliphatic rings. The number of hydrogen-bond acceptors (Lipinski definition) is 4. The molecule has 0 saturated carbocycles. The highest BCUT2D eigenvalue weighted by Gasteiger charge is 2.20. The summed E-state index contributed by atoms with van der Waals surface area (Å²) < 4.78 is 8.08. The molecule has 4 rings (SSSR count). The summed E-state index contributed by atoms with van der Waals surface area (Å²) in [7, 11) is 0. The van der Waals surface area contributed by atoms with Crippen molar-refractivity contribution in [3.8, 4) is 22.6 Å². The smallest absolute Gasteiger partial charge is 0.144 e. The second kappa shape index (κ2) is 6.43. The molecule has 0 saturated heterocycles. The lowest BCUT2D eigenvalue weighted by molar-refractivity contribution is 0.408. The van der Waals surface area contributed by atoms with Crippen molar-refractivity contribution in [1.29, 1.82) is 0 Å². The van der Waals surface area contributed by atoms with Crippen molar-refractivity contribution in [2.75, 3.05) is 5.73 Å². The zero-order valence-corrected chi connectivity index (χ0v) is 15.7. The Kier molecular flexibility index (Phi) is 4.07. The van der Waals surface area contributed by atoms with Crippen LogP contribution in [-0.4, -0.2) is 14.5 Å². The number of fused-ring (bicyclic) bond motifs is 1. The second-order valence-electron chi connectivity index (χ2n) is 7.54. The predicted octanol–water partition coefficient (Wildman–Crippen LogP) is 5.23. The van der Waals surface area contributed by atoms with E-state index in [1.54, 1.807) is 6.33 Å². The highest BCUT2D eigenvalue weighted by atomic mass is 16.5. The Balaban J connectivity index is 1.70. The standard InChI is InChI=1S/C22H22N4O/c1-22(2,3)26-13-20(19-12-24-14-25-21(19)26)15-7-9-17(10-8-15)27-18-6-4-5-16(23)11-18/h4-14H,23H2,1-3H3. The first kappa shape index (κ1) is 17.1. The maximum Gasteiger partial charge on any atom is 0.144 e. The third-order valence-corrected chi connectivity index (χ3v) is 4.45. The number of ether oxygens (including phenoxy) is 1. The van der Waals surface area contributed by atoms with Gasteiger partial charge in [0.25, 0.3) is 0 Å². The third kappa shape index (κ3) is 3.36. The minimum Gasteiger partial charge on any atom is -0.457 e. The van der Waals surface area contributed by atoms with Crippen molar-refractivity contribution >= 4 is 16.7 Å².